The molecule has 14 heteroatoms. The third-order valence-corrected chi connectivity index (χ3v) is 8.21. The maximum absolute atomic E-state index is 15.0. The number of nitrogens with zero attached hydrogens (tertiary/aromatic N) is 8. The van der Waals surface area contributed by atoms with Crippen molar-refractivity contribution in [1.29, 1.82) is 0 Å². The highest BCUT2D eigenvalue weighted by atomic mass is 19.1. The summed E-state index contributed by atoms with van der Waals surface area (Å²) in [5.74, 6) is -1.75. The third kappa shape index (κ3) is 5.35. The molecule has 2 aromatic heterocycles. The number of benzene rings is 3. The molecule has 12 nitrogen and oxygen atoms in total. The Balaban J connectivity index is 1.25. The number of nitro groups is 1. The van der Waals surface area contributed by atoms with Gasteiger partial charge in [0, 0.05) is 61.3 Å². The first-order chi connectivity index (χ1) is 21.1. The second-order valence-corrected chi connectivity index (χ2v) is 10.7. The number of rotatable bonds is 8. The first kappa shape index (κ1) is 28.9. The van der Waals surface area contributed by atoms with E-state index in [0.717, 1.165) is 23.5 Å². The van der Waals surface area contributed by atoms with Gasteiger partial charge in [-0.3, -0.25) is 19.5 Å². The Bertz CT molecular complexity index is 1880. The fourth-order valence-corrected chi connectivity index (χ4v) is 5.68. The highest BCUT2D eigenvalue weighted by molar-refractivity contribution is 5.81. The van der Waals surface area contributed by atoms with E-state index in [1.807, 2.05) is 12.1 Å². The molecule has 5 aromatic rings. The van der Waals surface area contributed by atoms with Crippen molar-refractivity contribution in [1.82, 2.24) is 24.3 Å². The average Bonchev–Trinajstić information content (AvgIpc) is 3.53. The van der Waals surface area contributed by atoms with Crippen molar-refractivity contribution in [3.05, 3.63) is 117 Å². The van der Waals surface area contributed by atoms with Crippen LogP contribution in [0.3, 0.4) is 0 Å². The highest BCUT2D eigenvalue weighted by Gasteiger charge is 2.41. The van der Waals surface area contributed by atoms with Crippen LogP contribution < -0.4 is 15.4 Å². The van der Waals surface area contributed by atoms with Gasteiger partial charge in [0.2, 0.25) is 0 Å². The molecule has 0 radical (unpaired) electrons. The van der Waals surface area contributed by atoms with E-state index in [9.17, 15) is 24.4 Å². The van der Waals surface area contributed by atoms with Gasteiger partial charge in [0.05, 0.1) is 34.7 Å². The van der Waals surface area contributed by atoms with E-state index in [2.05, 4.69) is 24.9 Å². The summed E-state index contributed by atoms with van der Waals surface area (Å²) < 4.78 is 31.3. The van der Waals surface area contributed by atoms with Gasteiger partial charge in [0.1, 0.15) is 29.9 Å². The normalized spacial score (nSPS) is 15.7. The van der Waals surface area contributed by atoms with Crippen LogP contribution in [0.15, 0.2) is 84.4 Å². The summed E-state index contributed by atoms with van der Waals surface area (Å²) >= 11 is 0. The first-order valence-corrected chi connectivity index (χ1v) is 13.9. The summed E-state index contributed by atoms with van der Waals surface area (Å²) in [6.07, 6.45) is 3.94. The molecule has 3 heterocycles. The van der Waals surface area contributed by atoms with Crippen LogP contribution in [0.25, 0.3) is 10.9 Å². The van der Waals surface area contributed by atoms with Crippen molar-refractivity contribution < 1.29 is 18.8 Å². The Morgan fingerprint density at radius 2 is 1.66 bits per heavy atom. The number of aliphatic hydroxyl groups is 1. The molecular formula is C30H28F2N8O4. The topological polar surface area (TPSA) is 135 Å². The van der Waals surface area contributed by atoms with Gasteiger partial charge in [-0.05, 0) is 43.3 Å². The number of hydrogen-bond acceptors (Lipinski definition) is 9. The maximum atomic E-state index is 15.0. The molecule has 0 spiro atoms. The van der Waals surface area contributed by atoms with Crippen LogP contribution in [-0.4, -0.2) is 60.5 Å². The molecule has 0 saturated carbocycles. The van der Waals surface area contributed by atoms with E-state index >= 15 is 4.39 Å². The monoisotopic (exact) mass is 602 g/mol. The minimum absolute atomic E-state index is 0.0482. The van der Waals surface area contributed by atoms with Crippen molar-refractivity contribution in [3.63, 3.8) is 0 Å². The fraction of sp³-hybridized carbons (Fsp3) is 0.267. The summed E-state index contributed by atoms with van der Waals surface area (Å²) in [6.45, 7) is 4.09. The molecule has 0 aliphatic carbocycles. The number of non-ortho nitro benzene ring substituents is 1. The third-order valence-electron chi connectivity index (χ3n) is 8.21. The second kappa shape index (κ2) is 11.4. The van der Waals surface area contributed by atoms with E-state index in [1.165, 1.54) is 40.4 Å². The number of anilines is 2. The van der Waals surface area contributed by atoms with Gasteiger partial charge in [-0.2, -0.15) is 5.10 Å². The summed E-state index contributed by atoms with van der Waals surface area (Å²) in [7, 11) is 0. The lowest BCUT2D eigenvalue weighted by molar-refractivity contribution is -0.384. The predicted molar refractivity (Wildman–Crippen MR) is 159 cm³/mol. The van der Waals surface area contributed by atoms with E-state index in [0.29, 0.717) is 43.1 Å². The van der Waals surface area contributed by atoms with E-state index in [-0.39, 0.29) is 17.8 Å². The standard InChI is InChI=1S/C30H28F2N8O4/c1-20(30(42,16-38-18-33-17-35-38)26-9-2-21(31)14-27(26)32)39-19-34-28-15-24(7-8-25(28)29(39)41)37-12-10-36(11-13-37)22-3-5-23(6-4-22)40(43)44/h2-9,14-15,17-20,42H,10-13,16H2,1H3/t20-,30-/m1/s1. The van der Waals surface area contributed by atoms with E-state index in [1.54, 1.807) is 25.1 Å². The van der Waals surface area contributed by atoms with Crippen molar-refractivity contribution in [2.45, 2.75) is 25.1 Å². The fourth-order valence-electron chi connectivity index (χ4n) is 5.68. The Labute approximate surface area is 249 Å². The van der Waals surface area contributed by atoms with Crippen LogP contribution in [0.1, 0.15) is 18.5 Å². The van der Waals surface area contributed by atoms with E-state index in [4.69, 9.17) is 0 Å². The minimum atomic E-state index is -2.02. The molecule has 1 aliphatic heterocycles. The molecule has 1 saturated heterocycles. The molecular weight excluding hydrogens is 574 g/mol. The first-order valence-electron chi connectivity index (χ1n) is 13.9. The molecule has 0 amide bonds. The zero-order valence-electron chi connectivity index (χ0n) is 23.6. The number of hydrogen-bond donors (Lipinski definition) is 1. The van der Waals surface area contributed by atoms with Gasteiger partial charge >= 0.3 is 0 Å². The van der Waals surface area contributed by atoms with E-state index < -0.39 is 33.8 Å². The Kier molecular flexibility index (Phi) is 7.51. The molecule has 1 N–H and O–H groups in total. The lowest BCUT2D eigenvalue weighted by atomic mass is 9.86. The van der Waals surface area contributed by atoms with Crippen molar-refractivity contribution in [3.8, 4) is 0 Å². The van der Waals surface area contributed by atoms with Gasteiger partial charge in [0.15, 0.2) is 0 Å². The molecule has 6 rings (SSSR count). The summed E-state index contributed by atoms with van der Waals surface area (Å²) in [4.78, 5) is 37.0. The molecule has 0 unspecified atom stereocenters. The summed E-state index contributed by atoms with van der Waals surface area (Å²) in [5.41, 5.74) is -0.347. The van der Waals surface area contributed by atoms with Crippen molar-refractivity contribution in [2.24, 2.45) is 0 Å². The minimum Gasteiger partial charge on any atom is -0.381 e. The Morgan fingerprint density at radius 3 is 2.30 bits per heavy atom. The molecule has 1 aliphatic rings. The number of fused-ring (bicyclic) bond motifs is 1. The van der Waals surface area contributed by atoms with Crippen LogP contribution >= 0.6 is 0 Å². The quantitative estimate of drug-likeness (QED) is 0.209. The van der Waals surface area contributed by atoms with Gasteiger partial charge in [0.25, 0.3) is 11.2 Å². The van der Waals surface area contributed by atoms with Gasteiger partial charge in [-0.25, -0.2) is 23.4 Å². The SMILES string of the molecule is C[C@@H](n1cnc2cc(N3CCN(c4ccc([N+](=O)[O-])cc4)CC3)ccc2c1=O)[C@](O)(Cn1cncn1)c1ccc(F)cc1F. The largest absolute Gasteiger partial charge is 0.381 e. The van der Waals surface area contributed by atoms with Crippen LogP contribution in [0.4, 0.5) is 25.8 Å². The lowest BCUT2D eigenvalue weighted by Crippen LogP contribution is -2.46. The lowest BCUT2D eigenvalue weighted by Gasteiger charge is -2.37. The van der Waals surface area contributed by atoms with Crippen LogP contribution in [-0.2, 0) is 12.1 Å². The molecule has 0 bridgehead atoms. The maximum Gasteiger partial charge on any atom is 0.269 e. The summed E-state index contributed by atoms with van der Waals surface area (Å²) in [5, 5.41) is 27.2. The Morgan fingerprint density at radius 1 is 0.977 bits per heavy atom. The Hall–Kier alpha value is -5.24. The van der Waals surface area contributed by atoms with Crippen molar-refractivity contribution in [2.75, 3.05) is 36.0 Å². The number of halogens is 2. The summed E-state index contributed by atoms with van der Waals surface area (Å²) in [6, 6.07) is 13.7. The molecule has 226 valence electrons. The predicted octanol–water partition coefficient (Wildman–Crippen LogP) is 3.65. The van der Waals surface area contributed by atoms with Gasteiger partial charge < -0.3 is 14.9 Å². The van der Waals surface area contributed by atoms with Gasteiger partial charge in [-0.1, -0.05) is 6.07 Å². The molecule has 3 aromatic carbocycles. The number of piperazine rings is 1. The number of nitro benzene ring substituents is 1. The van der Waals surface area contributed by atoms with Gasteiger partial charge in [-0.15, -0.1) is 0 Å². The molecule has 44 heavy (non-hydrogen) atoms. The number of aromatic nitrogens is 5. The van der Waals surface area contributed by atoms with Crippen LogP contribution in [0.2, 0.25) is 0 Å². The zero-order valence-corrected chi connectivity index (χ0v) is 23.6. The highest BCUT2D eigenvalue weighted by Crippen LogP contribution is 2.36. The van der Waals surface area contributed by atoms with Crippen LogP contribution in [0, 0.1) is 21.7 Å². The smallest absolute Gasteiger partial charge is 0.269 e. The molecule has 1 fully saturated rings. The van der Waals surface area contributed by atoms with Crippen LogP contribution in [0.5, 0.6) is 0 Å². The molecule has 2 atom stereocenters. The zero-order chi connectivity index (χ0) is 31.0. The average molecular weight is 603 g/mol. The van der Waals surface area contributed by atoms with Crippen molar-refractivity contribution >= 4 is 28.0 Å². The second-order valence-electron chi connectivity index (χ2n) is 10.7.